The second kappa shape index (κ2) is 37.2. The Bertz CT molecular complexity index is 10500. The molecule has 0 N–H and O–H groups in total. The van der Waals surface area contributed by atoms with Crippen molar-refractivity contribution in [3.63, 3.8) is 0 Å². The fourth-order valence-electron chi connectivity index (χ4n) is 21.0. The number of furan rings is 5. The van der Waals surface area contributed by atoms with Crippen LogP contribution in [0.3, 0.4) is 0 Å². The van der Waals surface area contributed by atoms with Crippen LogP contribution in [0.5, 0.6) is 0 Å². The average Bonchev–Trinajstić information content (AvgIpc) is 1.54. The molecular formula is C135H81N9O5S. The van der Waals surface area contributed by atoms with Gasteiger partial charge in [-0.2, -0.15) is 0 Å². The fraction of sp³-hybridized carbons (Fsp3) is 0. The minimum atomic E-state index is 0.568. The van der Waals surface area contributed by atoms with E-state index in [0.29, 0.717) is 52.4 Å². The van der Waals surface area contributed by atoms with E-state index in [0.717, 1.165) is 226 Å². The van der Waals surface area contributed by atoms with Crippen molar-refractivity contribution in [3.8, 4) is 169 Å². The molecule has 0 amide bonds. The number of fused-ring (bicyclic) bond motifs is 18. The lowest BCUT2D eigenvalue weighted by atomic mass is 9.98. The summed E-state index contributed by atoms with van der Waals surface area (Å²) in [7, 11) is 0. The highest BCUT2D eigenvalue weighted by molar-refractivity contribution is 7.26. The maximum Gasteiger partial charge on any atom is 0.164 e. The fourth-order valence-corrected chi connectivity index (χ4v) is 22.1. The molecule has 0 atom stereocenters. The Morgan fingerprint density at radius 3 is 0.867 bits per heavy atom. The highest BCUT2D eigenvalue weighted by Crippen LogP contribution is 2.49. The van der Waals surface area contributed by atoms with E-state index in [9.17, 15) is 0 Å². The Morgan fingerprint density at radius 1 is 0.127 bits per heavy atom. The predicted octanol–water partition coefficient (Wildman–Crippen LogP) is 36.5. The molecule has 0 aliphatic rings. The van der Waals surface area contributed by atoms with E-state index in [2.05, 4.69) is 328 Å². The third-order valence-corrected chi connectivity index (χ3v) is 29.2. The van der Waals surface area contributed by atoms with E-state index in [-0.39, 0.29) is 0 Å². The van der Waals surface area contributed by atoms with E-state index in [1.54, 1.807) is 11.3 Å². The van der Waals surface area contributed by atoms with Crippen LogP contribution in [0.15, 0.2) is 513 Å². The average molecular weight is 1940 g/mol. The first kappa shape index (κ1) is 87.6. The summed E-state index contributed by atoms with van der Waals surface area (Å²) >= 11 is 1.79. The molecule has 0 radical (unpaired) electrons. The number of benzene rings is 21. The molecule has 0 aliphatic carbocycles. The van der Waals surface area contributed by atoms with Gasteiger partial charge in [-0.3, -0.25) is 0 Å². The van der Waals surface area contributed by atoms with Crippen LogP contribution < -0.4 is 0 Å². The SMILES string of the molecule is c1ccc(-c2ccc(-c3nc(-c4cc(-c5ccccc5)cc5oc6ccccc6c45)nc(-c4cccc5sc6ccccc6c45)n3)cc2)cc1.c1ccc(-c2ccc(-c3nc(-c4cccc5oc6ccccc6c45)nc(-c4cccc5oc6cc(-c7ccccc7)ccc6c45)n3)cc2)cc1.c1ccc(-c2cccc(-c3nc(-c4cccc5oc6ccccc6c45)nc(-c4cccc5oc6c(-c7ccccc7)cccc6c45)n3)c2)cc1. The molecule has 702 valence electrons. The zero-order valence-electron chi connectivity index (χ0n) is 80.2. The highest BCUT2D eigenvalue weighted by Gasteiger charge is 2.28. The summed E-state index contributed by atoms with van der Waals surface area (Å²) in [5, 5.41) is 12.3. The summed E-state index contributed by atoms with van der Waals surface area (Å²) < 4.78 is 34.5. The van der Waals surface area contributed by atoms with Crippen molar-refractivity contribution in [2.75, 3.05) is 0 Å². The molecule has 0 aliphatic heterocycles. The Labute approximate surface area is 862 Å². The third kappa shape index (κ3) is 16.0. The summed E-state index contributed by atoms with van der Waals surface area (Å²) in [6.45, 7) is 0. The Kier molecular flexibility index (Phi) is 21.8. The van der Waals surface area contributed by atoms with Crippen LogP contribution in [-0.4, -0.2) is 44.9 Å². The predicted molar refractivity (Wildman–Crippen MR) is 610 cm³/mol. The van der Waals surface area contributed by atoms with Crippen LogP contribution in [0.4, 0.5) is 0 Å². The monoisotopic (exact) mass is 1940 g/mol. The van der Waals surface area contributed by atoms with E-state index in [1.165, 1.54) is 20.3 Å². The summed E-state index contributed by atoms with van der Waals surface area (Å²) in [6.07, 6.45) is 0. The first-order valence-corrected chi connectivity index (χ1v) is 50.6. The van der Waals surface area contributed by atoms with Gasteiger partial charge in [0.1, 0.15) is 55.8 Å². The molecule has 9 heterocycles. The van der Waals surface area contributed by atoms with Crippen LogP contribution in [0.25, 0.3) is 299 Å². The van der Waals surface area contributed by atoms with Crippen molar-refractivity contribution in [2.24, 2.45) is 0 Å². The molecule has 0 bridgehead atoms. The Hall–Kier alpha value is -20.1. The van der Waals surface area contributed by atoms with Crippen LogP contribution in [0, 0.1) is 0 Å². The van der Waals surface area contributed by atoms with E-state index in [1.807, 2.05) is 164 Å². The van der Waals surface area contributed by atoms with Gasteiger partial charge in [-0.25, -0.2) is 44.9 Å². The normalized spacial score (nSPS) is 11.6. The molecule has 14 nitrogen and oxygen atoms in total. The molecule has 0 saturated heterocycles. The summed E-state index contributed by atoms with van der Waals surface area (Å²) in [6, 6.07) is 168. The van der Waals surface area contributed by atoms with Crippen LogP contribution in [0.2, 0.25) is 0 Å². The third-order valence-electron chi connectivity index (χ3n) is 28.1. The van der Waals surface area contributed by atoms with Gasteiger partial charge >= 0.3 is 0 Å². The van der Waals surface area contributed by atoms with Gasteiger partial charge in [-0.05, 0) is 146 Å². The topological polar surface area (TPSA) is 182 Å². The van der Waals surface area contributed by atoms with Crippen LogP contribution in [-0.2, 0) is 0 Å². The summed E-state index contributed by atoms with van der Waals surface area (Å²) in [4.78, 5) is 46.8. The smallest absolute Gasteiger partial charge is 0.164 e. The van der Waals surface area contributed by atoms with Crippen molar-refractivity contribution in [3.05, 3.63) is 491 Å². The van der Waals surface area contributed by atoms with Gasteiger partial charge in [0, 0.05) is 130 Å². The van der Waals surface area contributed by atoms with Crippen molar-refractivity contribution >= 4 is 141 Å². The van der Waals surface area contributed by atoms with Gasteiger partial charge in [0.05, 0.1) is 0 Å². The molecule has 150 heavy (non-hydrogen) atoms. The first-order valence-electron chi connectivity index (χ1n) is 49.8. The maximum atomic E-state index is 6.61. The maximum absolute atomic E-state index is 6.61. The lowest BCUT2D eigenvalue weighted by molar-refractivity contribution is 0.668. The summed E-state index contributed by atoms with van der Waals surface area (Å²) in [5.41, 5.74) is 29.5. The molecule has 0 unspecified atom stereocenters. The minimum absolute atomic E-state index is 0.568. The second-order valence-electron chi connectivity index (χ2n) is 37.1. The number of hydrogen-bond acceptors (Lipinski definition) is 15. The largest absolute Gasteiger partial charge is 0.456 e. The van der Waals surface area contributed by atoms with E-state index < -0.39 is 0 Å². The van der Waals surface area contributed by atoms with Crippen LogP contribution >= 0.6 is 11.3 Å². The quantitative estimate of drug-likeness (QED) is 0.0945. The minimum Gasteiger partial charge on any atom is -0.456 e. The zero-order chi connectivity index (χ0) is 99.1. The second-order valence-corrected chi connectivity index (χ2v) is 38.2. The number of thiophene rings is 1. The van der Waals surface area contributed by atoms with Gasteiger partial charge in [0.25, 0.3) is 0 Å². The van der Waals surface area contributed by atoms with Crippen LogP contribution in [0.1, 0.15) is 0 Å². The number of rotatable bonds is 15. The van der Waals surface area contributed by atoms with Gasteiger partial charge in [0.15, 0.2) is 52.4 Å². The number of aromatic nitrogens is 9. The lowest BCUT2D eigenvalue weighted by Crippen LogP contribution is -2.01. The molecule has 0 spiro atoms. The molecule has 30 aromatic rings. The van der Waals surface area contributed by atoms with E-state index >= 15 is 0 Å². The number of hydrogen-bond donors (Lipinski definition) is 0. The van der Waals surface area contributed by atoms with Crippen molar-refractivity contribution in [1.82, 2.24) is 44.9 Å². The van der Waals surface area contributed by atoms with Crippen molar-refractivity contribution in [1.29, 1.82) is 0 Å². The molecule has 0 saturated carbocycles. The molecule has 30 rings (SSSR count). The van der Waals surface area contributed by atoms with Gasteiger partial charge in [-0.1, -0.05) is 406 Å². The van der Waals surface area contributed by atoms with Crippen molar-refractivity contribution in [2.45, 2.75) is 0 Å². The molecule has 0 fully saturated rings. The molecule has 9 aromatic heterocycles. The molecule has 21 aromatic carbocycles. The Morgan fingerprint density at radius 2 is 0.393 bits per heavy atom. The van der Waals surface area contributed by atoms with Gasteiger partial charge in [-0.15, -0.1) is 11.3 Å². The first-order chi connectivity index (χ1) is 74.3. The lowest BCUT2D eigenvalue weighted by Gasteiger charge is -2.12. The highest BCUT2D eigenvalue weighted by atomic mass is 32.1. The van der Waals surface area contributed by atoms with Gasteiger partial charge < -0.3 is 22.1 Å². The van der Waals surface area contributed by atoms with Crippen molar-refractivity contribution < 1.29 is 22.1 Å². The number of para-hydroxylation sites is 4. The number of nitrogens with zero attached hydrogens (tertiary/aromatic N) is 9. The zero-order valence-corrected chi connectivity index (χ0v) is 81.1. The Balaban J connectivity index is 0.000000108. The summed E-state index contributed by atoms with van der Waals surface area (Å²) in [5.74, 6) is 5.31. The van der Waals surface area contributed by atoms with E-state index in [4.69, 9.17) is 66.9 Å². The van der Waals surface area contributed by atoms with Gasteiger partial charge in [0.2, 0.25) is 0 Å². The molecular weight excluding hydrogens is 1860 g/mol. The standard InChI is InChI=1S/2C45H27N3O2.C45H27N3OS/c1-3-13-28(14-4-1)30-17-9-18-31(27-30)43-46-44(35-22-11-25-38-40(35)33-19-7-8-24-37(33)49-38)48-45(47-43)36-23-12-26-39-41(36)34-21-10-20-32(42(34)50-39)29-15-5-2-6-16-29;1-3-11-28(12-4-1)30-21-23-31(24-22-30)43-46-44(35-16-9-19-38-41(35)33-15-7-8-18-37(33)49-38)48-45(47-43)36-17-10-20-39-42(36)34-26-25-32(27-40(34)50-39)29-13-5-2-6-14-29;1-3-12-28(13-4-1)30-22-24-31(25-23-30)43-46-44(35-18-11-21-40-42(35)34-17-8-10-20-39(34)50-40)48-45(47-43)36-26-32(29-14-5-2-6-15-29)27-38-41(36)33-16-7-9-19-37(33)49-38/h3*1-27H. The molecule has 15 heteroatoms.